The number of nitrogens with zero attached hydrogens (tertiary/aromatic N) is 7. The summed E-state index contributed by atoms with van der Waals surface area (Å²) in [5, 5.41) is 19.4. The highest BCUT2D eigenvalue weighted by molar-refractivity contribution is 7.81. The van der Waals surface area contributed by atoms with Crippen LogP contribution < -0.4 is 15.7 Å². The number of benzene rings is 2. The van der Waals surface area contributed by atoms with Crippen LogP contribution in [0.25, 0.3) is 0 Å². The number of hydrogen-bond acceptors (Lipinski definition) is 9. The Morgan fingerprint density at radius 1 is 0.804 bits per heavy atom. The predicted molar refractivity (Wildman–Crippen MR) is 185 cm³/mol. The average Bonchev–Trinajstić information content (AvgIpc) is 3.75. The summed E-state index contributed by atoms with van der Waals surface area (Å²) in [5.74, 6) is 4.19. The van der Waals surface area contributed by atoms with E-state index < -0.39 is 11.6 Å². The molecular formula is C31H30Cl2F2N8O2S. The van der Waals surface area contributed by atoms with Gasteiger partial charge in [0, 0.05) is 85.4 Å². The summed E-state index contributed by atoms with van der Waals surface area (Å²) in [6.45, 7) is 0. The molecule has 4 heterocycles. The Morgan fingerprint density at radius 2 is 1.26 bits per heavy atom. The van der Waals surface area contributed by atoms with E-state index in [1.165, 1.54) is 18.2 Å². The molecule has 0 radical (unpaired) electrons. The maximum atomic E-state index is 13.3. The van der Waals surface area contributed by atoms with Crippen molar-refractivity contribution in [1.29, 1.82) is 0 Å². The number of hydrogen-bond donors (Lipinski definition) is 3. The van der Waals surface area contributed by atoms with Crippen LogP contribution in [0.4, 0.5) is 31.8 Å². The summed E-state index contributed by atoms with van der Waals surface area (Å²) >= 11 is 17.2. The molecule has 2 aromatic carbocycles. The predicted octanol–water partition coefficient (Wildman–Crippen LogP) is 7.32. The molecule has 2 aromatic heterocycles. The van der Waals surface area contributed by atoms with Gasteiger partial charge in [0.2, 0.25) is 0 Å². The van der Waals surface area contributed by atoms with E-state index in [0.29, 0.717) is 40.1 Å². The fraction of sp³-hybridized carbons (Fsp3) is 0.161. The van der Waals surface area contributed by atoms with Crippen LogP contribution >= 0.6 is 35.4 Å². The molecule has 2 aliphatic rings. The summed E-state index contributed by atoms with van der Waals surface area (Å²) in [6.07, 6.45) is 8.21. The number of aliphatic imine (C=N–C) groups is 2. The first-order valence-corrected chi connectivity index (χ1v) is 14.3. The third kappa shape index (κ3) is 7.69. The van der Waals surface area contributed by atoms with Gasteiger partial charge in [0.05, 0.1) is 10.0 Å². The monoisotopic (exact) mass is 686 g/mol. The SMILES string of the molecule is C.CN(/C(=N\O)c1ccnc2c1CC=N2)c1ccc(F)c(Cl)c1.CN(C(=S)c1ccnc2c1CC=N2)c1ccc(F)c(Cl)c1.NO. The van der Waals surface area contributed by atoms with Gasteiger partial charge in [0.15, 0.2) is 17.5 Å². The van der Waals surface area contributed by atoms with Gasteiger partial charge in [-0.1, -0.05) is 48.0 Å². The lowest BCUT2D eigenvalue weighted by atomic mass is 10.1. The number of rotatable bonds is 4. The van der Waals surface area contributed by atoms with E-state index in [9.17, 15) is 14.0 Å². The molecule has 4 N–H and O–H groups in total. The van der Waals surface area contributed by atoms with E-state index in [2.05, 4.69) is 31.0 Å². The number of nitrogens with two attached hydrogens (primary N) is 1. The highest BCUT2D eigenvalue weighted by atomic mass is 35.5. The van der Waals surface area contributed by atoms with E-state index in [1.54, 1.807) is 59.7 Å². The Morgan fingerprint density at radius 3 is 1.74 bits per heavy atom. The number of halogens is 4. The topological polar surface area (TPSA) is 136 Å². The van der Waals surface area contributed by atoms with Crippen LogP contribution in [-0.2, 0) is 12.8 Å². The third-order valence-corrected chi connectivity index (χ3v) is 7.93. The number of pyridine rings is 2. The number of thiocarbonyl (C=S) groups is 1. The summed E-state index contributed by atoms with van der Waals surface area (Å²) in [4.78, 5) is 20.8. The average molecular weight is 688 g/mol. The Balaban J connectivity index is 0.000000233. The fourth-order valence-electron chi connectivity index (χ4n) is 4.55. The van der Waals surface area contributed by atoms with Crippen LogP contribution in [0.3, 0.4) is 0 Å². The summed E-state index contributed by atoms with van der Waals surface area (Å²) in [7, 11) is 3.54. The van der Waals surface area contributed by atoms with Crippen LogP contribution in [0.1, 0.15) is 29.7 Å². The summed E-state index contributed by atoms with van der Waals surface area (Å²) in [5.41, 5.74) is 4.86. The lowest BCUT2D eigenvalue weighted by Gasteiger charge is -2.22. The van der Waals surface area contributed by atoms with Crippen molar-refractivity contribution in [3.05, 3.63) is 105 Å². The van der Waals surface area contributed by atoms with Crippen LogP contribution in [0.15, 0.2) is 76.1 Å². The van der Waals surface area contributed by atoms with E-state index >= 15 is 0 Å². The molecule has 0 bridgehead atoms. The van der Waals surface area contributed by atoms with Gasteiger partial charge in [-0.3, -0.25) is 0 Å². The molecule has 0 saturated heterocycles. The second-order valence-electron chi connectivity index (χ2n) is 9.40. The Bertz CT molecular complexity index is 1820. The molecule has 4 aromatic rings. The number of fused-ring (bicyclic) bond motifs is 2. The van der Waals surface area contributed by atoms with Gasteiger partial charge in [0.1, 0.15) is 16.6 Å². The van der Waals surface area contributed by atoms with Gasteiger partial charge in [0.25, 0.3) is 0 Å². The lowest BCUT2D eigenvalue weighted by molar-refractivity contribution is 0.311. The van der Waals surface area contributed by atoms with E-state index in [1.807, 2.05) is 19.3 Å². The minimum absolute atomic E-state index is 0. The molecule has 240 valence electrons. The van der Waals surface area contributed by atoms with Crippen molar-refractivity contribution in [2.24, 2.45) is 21.0 Å². The number of aromatic nitrogens is 2. The Kier molecular flexibility index (Phi) is 12.7. The van der Waals surface area contributed by atoms with Crippen LogP contribution in [-0.4, -0.2) is 57.7 Å². The van der Waals surface area contributed by atoms with Crippen molar-refractivity contribution < 1.29 is 19.2 Å². The van der Waals surface area contributed by atoms with Crippen molar-refractivity contribution in [2.45, 2.75) is 20.3 Å². The molecule has 0 unspecified atom stereocenters. The number of oxime groups is 1. The van der Waals surface area contributed by atoms with E-state index in [-0.39, 0.29) is 17.5 Å². The quantitative estimate of drug-likeness (QED) is 0.0668. The van der Waals surface area contributed by atoms with Gasteiger partial charge in [-0.25, -0.2) is 34.6 Å². The molecule has 0 fully saturated rings. The van der Waals surface area contributed by atoms with Crippen molar-refractivity contribution in [2.75, 3.05) is 23.9 Å². The molecule has 10 nitrogen and oxygen atoms in total. The van der Waals surface area contributed by atoms with Crippen molar-refractivity contribution in [3.8, 4) is 0 Å². The van der Waals surface area contributed by atoms with Gasteiger partial charge in [-0.05, 0) is 48.5 Å². The normalized spacial score (nSPS) is 12.1. The van der Waals surface area contributed by atoms with Crippen molar-refractivity contribution >= 4 is 81.7 Å². The molecule has 2 aliphatic heterocycles. The third-order valence-electron chi connectivity index (χ3n) is 6.85. The Hall–Kier alpha value is -4.40. The maximum absolute atomic E-state index is 13.3. The minimum atomic E-state index is -0.500. The lowest BCUT2D eigenvalue weighted by Crippen LogP contribution is -2.28. The van der Waals surface area contributed by atoms with E-state index in [0.717, 1.165) is 28.8 Å². The van der Waals surface area contributed by atoms with Crippen LogP contribution in [0.2, 0.25) is 10.0 Å². The second-order valence-corrected chi connectivity index (χ2v) is 10.6. The molecule has 0 spiro atoms. The minimum Gasteiger partial charge on any atom is -0.409 e. The van der Waals surface area contributed by atoms with Crippen molar-refractivity contribution in [3.63, 3.8) is 0 Å². The zero-order valence-electron chi connectivity index (χ0n) is 23.9. The smallest absolute Gasteiger partial charge is 0.179 e. The van der Waals surface area contributed by atoms with Crippen LogP contribution in [0.5, 0.6) is 0 Å². The molecule has 0 amide bonds. The van der Waals surface area contributed by atoms with E-state index in [4.69, 9.17) is 40.6 Å². The summed E-state index contributed by atoms with van der Waals surface area (Å²) < 4.78 is 26.6. The molecule has 0 aliphatic carbocycles. The molecule has 6 rings (SSSR count). The first-order valence-electron chi connectivity index (χ1n) is 13.1. The number of amidine groups is 1. The van der Waals surface area contributed by atoms with Crippen molar-refractivity contribution in [1.82, 2.24) is 9.97 Å². The van der Waals surface area contributed by atoms with Crippen LogP contribution in [0, 0.1) is 11.6 Å². The largest absolute Gasteiger partial charge is 0.409 e. The van der Waals surface area contributed by atoms with Gasteiger partial charge in [-0.15, -0.1) is 0 Å². The zero-order chi connectivity index (χ0) is 32.7. The Labute approximate surface area is 280 Å². The number of anilines is 2. The molecular weight excluding hydrogens is 657 g/mol. The molecule has 46 heavy (non-hydrogen) atoms. The zero-order valence-corrected chi connectivity index (χ0v) is 26.2. The molecule has 0 saturated carbocycles. The van der Waals surface area contributed by atoms with Gasteiger partial charge < -0.3 is 20.2 Å². The highest BCUT2D eigenvalue weighted by Gasteiger charge is 2.22. The second kappa shape index (κ2) is 16.2. The first kappa shape index (κ1) is 36.1. The highest BCUT2D eigenvalue weighted by Crippen LogP contribution is 2.30. The van der Waals surface area contributed by atoms with Gasteiger partial charge >= 0.3 is 0 Å². The standard InChI is InChI=1S/C15H12ClFN4O.C15H11ClFN3S.CH4.H3NO/c1-21(9-2-3-13(17)12(16)8-9)15(20-22)11-5-7-19-14-10(11)4-6-18-14;1-20(9-2-3-13(17)12(16)8-9)15(21)11-5-7-19-14-10(11)4-6-18-14;;1-2/h2-3,5-8,22H,4H2,1H3;2-3,5-8H,4H2,1H3;1H4;2H,1H2/b20-15-;;;. The first-order chi connectivity index (χ1) is 21.7. The summed E-state index contributed by atoms with van der Waals surface area (Å²) in [6, 6.07) is 12.5. The van der Waals surface area contributed by atoms with Gasteiger partial charge in [-0.2, -0.15) is 0 Å². The molecule has 0 atom stereocenters. The maximum Gasteiger partial charge on any atom is 0.179 e. The fourth-order valence-corrected chi connectivity index (χ4v) is 5.20. The molecule has 15 heteroatoms.